The van der Waals surface area contributed by atoms with E-state index in [0.717, 1.165) is 52.1 Å². The molecule has 184 valence electrons. The van der Waals surface area contributed by atoms with Crippen LogP contribution >= 0.6 is 39.1 Å². The van der Waals surface area contributed by atoms with Gasteiger partial charge in [0.2, 0.25) is 0 Å². The van der Waals surface area contributed by atoms with Gasteiger partial charge in [-0.3, -0.25) is 0 Å². The molecule has 1 aromatic carbocycles. The number of aliphatic hydroxyl groups is 2. The minimum absolute atomic E-state index is 0.257. The molecule has 1 aliphatic carbocycles. The lowest BCUT2D eigenvalue weighted by atomic mass is 9.94. The summed E-state index contributed by atoms with van der Waals surface area (Å²) in [7, 11) is 0. The van der Waals surface area contributed by atoms with E-state index in [1.807, 2.05) is 12.1 Å². The molecule has 3 aromatic heterocycles. The van der Waals surface area contributed by atoms with Gasteiger partial charge in [-0.25, -0.2) is 15.0 Å². The summed E-state index contributed by atoms with van der Waals surface area (Å²) in [6, 6.07) is 10.7. The van der Waals surface area contributed by atoms with Crippen LogP contribution in [0.15, 0.2) is 59.5 Å². The van der Waals surface area contributed by atoms with Gasteiger partial charge in [0, 0.05) is 11.6 Å². The van der Waals surface area contributed by atoms with Crippen molar-refractivity contribution in [2.45, 2.75) is 51.4 Å². The summed E-state index contributed by atoms with van der Waals surface area (Å²) in [4.78, 5) is 13.0. The molecule has 2 atom stereocenters. The van der Waals surface area contributed by atoms with Crippen molar-refractivity contribution in [3.05, 3.63) is 75.4 Å². The van der Waals surface area contributed by atoms with Gasteiger partial charge in [-0.15, -0.1) is 0 Å². The first-order chi connectivity index (χ1) is 16.5. The number of rotatable bonds is 4. The number of allylic oxidation sites excluding steroid dienone is 1. The number of pyridine rings is 1. The van der Waals surface area contributed by atoms with Crippen LogP contribution in [0.2, 0.25) is 10.3 Å². The van der Waals surface area contributed by atoms with Crippen LogP contribution in [-0.4, -0.2) is 35.5 Å². The Hall–Kier alpha value is -2.03. The predicted octanol–water partition coefficient (Wildman–Crippen LogP) is 6.90. The molecule has 5 rings (SSSR count). The lowest BCUT2D eigenvalue weighted by Gasteiger charge is -2.18. The summed E-state index contributed by atoms with van der Waals surface area (Å²) in [6.45, 7) is 7.05. The van der Waals surface area contributed by atoms with Gasteiger partial charge in [-0.05, 0) is 85.1 Å². The molecule has 2 N–H and O–H groups in total. The van der Waals surface area contributed by atoms with Crippen LogP contribution in [0.1, 0.15) is 44.7 Å². The van der Waals surface area contributed by atoms with E-state index < -0.39 is 5.79 Å². The lowest BCUT2D eigenvalue weighted by Crippen LogP contribution is -2.15. The molecule has 3 heterocycles. The molecule has 1 aliphatic rings. The fourth-order valence-corrected chi connectivity index (χ4v) is 5.17. The Morgan fingerprint density at radius 1 is 1.11 bits per heavy atom. The molecule has 0 amide bonds. The maximum Gasteiger partial charge on any atom is 0.156 e. The fraction of sp³-hybridized carbons (Fsp3) is 0.346. The van der Waals surface area contributed by atoms with E-state index in [0.29, 0.717) is 16.2 Å². The molecule has 4 aromatic rings. The number of fused-ring (bicyclic) bond motifs is 2. The van der Waals surface area contributed by atoms with Crippen molar-refractivity contribution in [3.8, 4) is 0 Å². The Balaban J connectivity index is 0.000000527. The minimum Gasteiger partial charge on any atom is -0.366 e. The van der Waals surface area contributed by atoms with E-state index in [4.69, 9.17) is 33.4 Å². The standard InChI is InChI=1S/C23H19BrCl2N4.C3H8O2/c1-13-15(4-2-14-3-5-16-11-18(24)22(26)29-19(16)10-14)6-7-20(13)30-9-8-17-21(25)27-12-28-23(17)30;1-3(2,4)5/h3,5,8-12,15,20H,1-2,4,6-7H2;4-5H,1-2H3. The van der Waals surface area contributed by atoms with Gasteiger partial charge in [0.1, 0.15) is 22.3 Å². The van der Waals surface area contributed by atoms with E-state index in [2.05, 4.69) is 66.4 Å². The van der Waals surface area contributed by atoms with Crippen molar-refractivity contribution < 1.29 is 10.2 Å². The highest BCUT2D eigenvalue weighted by Crippen LogP contribution is 2.42. The Kier molecular flexibility index (Phi) is 7.83. The molecule has 1 fully saturated rings. The summed E-state index contributed by atoms with van der Waals surface area (Å²) in [5.74, 6) is -1.01. The third-order valence-corrected chi connectivity index (χ3v) is 7.53. The zero-order valence-corrected chi connectivity index (χ0v) is 22.6. The first-order valence-electron chi connectivity index (χ1n) is 11.4. The zero-order valence-electron chi connectivity index (χ0n) is 19.5. The van der Waals surface area contributed by atoms with Gasteiger partial charge in [0.05, 0.1) is 21.4 Å². The van der Waals surface area contributed by atoms with Gasteiger partial charge in [-0.2, -0.15) is 0 Å². The largest absolute Gasteiger partial charge is 0.366 e. The van der Waals surface area contributed by atoms with Gasteiger partial charge in [0.15, 0.2) is 5.79 Å². The third-order valence-electron chi connectivity index (χ3n) is 6.11. The van der Waals surface area contributed by atoms with Gasteiger partial charge < -0.3 is 14.8 Å². The van der Waals surface area contributed by atoms with E-state index in [-0.39, 0.29) is 6.04 Å². The number of benzene rings is 1. The molecule has 9 heteroatoms. The summed E-state index contributed by atoms with van der Waals surface area (Å²) < 4.78 is 3.02. The molecular weight excluding hydrogens is 551 g/mol. The van der Waals surface area contributed by atoms with E-state index in [9.17, 15) is 0 Å². The smallest absolute Gasteiger partial charge is 0.156 e. The van der Waals surface area contributed by atoms with E-state index in [1.54, 1.807) is 0 Å². The SMILES string of the molecule is C=C1C(CCc2ccc3cc(Br)c(Cl)nc3c2)CCC1n1ccc2c(Cl)ncnc21.CC(C)(O)O. The average molecular weight is 578 g/mol. The quantitative estimate of drug-likeness (QED) is 0.119. The van der Waals surface area contributed by atoms with Crippen molar-refractivity contribution in [1.82, 2.24) is 19.5 Å². The first-order valence-corrected chi connectivity index (χ1v) is 12.9. The molecule has 0 bridgehead atoms. The molecule has 1 saturated carbocycles. The molecule has 0 radical (unpaired) electrons. The molecule has 0 aliphatic heterocycles. The average Bonchev–Trinajstić information content (AvgIpc) is 3.36. The summed E-state index contributed by atoms with van der Waals surface area (Å²) in [6.07, 6.45) is 7.84. The van der Waals surface area contributed by atoms with Crippen LogP contribution in [-0.2, 0) is 6.42 Å². The van der Waals surface area contributed by atoms with Crippen molar-refractivity contribution in [2.24, 2.45) is 5.92 Å². The molecule has 2 unspecified atom stereocenters. The van der Waals surface area contributed by atoms with Crippen molar-refractivity contribution >= 4 is 61.1 Å². The second kappa shape index (κ2) is 10.5. The summed E-state index contributed by atoms with van der Waals surface area (Å²) >= 11 is 15.8. The maximum atomic E-state index is 8.08. The Morgan fingerprint density at radius 2 is 1.86 bits per heavy atom. The number of hydrogen-bond donors (Lipinski definition) is 2. The van der Waals surface area contributed by atoms with Crippen LogP contribution in [0, 0.1) is 5.92 Å². The van der Waals surface area contributed by atoms with Crippen molar-refractivity contribution in [2.75, 3.05) is 0 Å². The number of hydrogen-bond acceptors (Lipinski definition) is 5. The van der Waals surface area contributed by atoms with Crippen LogP contribution < -0.4 is 0 Å². The number of aryl methyl sites for hydroxylation is 1. The molecule has 0 spiro atoms. The van der Waals surface area contributed by atoms with Crippen molar-refractivity contribution in [1.29, 1.82) is 0 Å². The molecule has 0 saturated heterocycles. The van der Waals surface area contributed by atoms with Gasteiger partial charge in [-0.1, -0.05) is 47.5 Å². The van der Waals surface area contributed by atoms with E-state index >= 15 is 0 Å². The highest BCUT2D eigenvalue weighted by molar-refractivity contribution is 9.10. The highest BCUT2D eigenvalue weighted by atomic mass is 79.9. The zero-order chi connectivity index (χ0) is 25.3. The third kappa shape index (κ3) is 6.22. The van der Waals surface area contributed by atoms with Gasteiger partial charge >= 0.3 is 0 Å². The van der Waals surface area contributed by atoms with Crippen LogP contribution in [0.25, 0.3) is 21.9 Å². The first kappa shape index (κ1) is 26.0. The fourth-order valence-electron chi connectivity index (χ4n) is 4.50. The lowest BCUT2D eigenvalue weighted by molar-refractivity contribution is -0.127. The topological polar surface area (TPSA) is 84.1 Å². The van der Waals surface area contributed by atoms with Crippen molar-refractivity contribution in [3.63, 3.8) is 0 Å². The second-order valence-electron chi connectivity index (χ2n) is 9.31. The number of halogens is 3. The number of aromatic nitrogens is 4. The molecular formula is C26H27BrCl2N4O2. The summed E-state index contributed by atoms with van der Waals surface area (Å²) in [5.41, 5.74) is 4.35. The normalized spacial score (nSPS) is 18.2. The molecule has 35 heavy (non-hydrogen) atoms. The van der Waals surface area contributed by atoms with E-state index in [1.165, 1.54) is 31.3 Å². The molecule has 6 nitrogen and oxygen atoms in total. The van der Waals surface area contributed by atoms with Gasteiger partial charge in [0.25, 0.3) is 0 Å². The van der Waals surface area contributed by atoms with Crippen LogP contribution in [0.3, 0.4) is 0 Å². The Bertz CT molecular complexity index is 1380. The van der Waals surface area contributed by atoms with Crippen LogP contribution in [0.5, 0.6) is 0 Å². The summed E-state index contributed by atoms with van der Waals surface area (Å²) in [5, 5.41) is 19.1. The second-order valence-corrected chi connectivity index (χ2v) is 10.9. The Morgan fingerprint density at radius 3 is 2.60 bits per heavy atom. The van der Waals surface area contributed by atoms with Crippen LogP contribution in [0.4, 0.5) is 0 Å². The minimum atomic E-state index is -1.50. The highest BCUT2D eigenvalue weighted by Gasteiger charge is 2.30. The monoisotopic (exact) mass is 576 g/mol. The predicted molar refractivity (Wildman–Crippen MR) is 145 cm³/mol. The Labute approximate surface area is 222 Å². The number of nitrogens with zero attached hydrogens (tertiary/aromatic N) is 4. The maximum absolute atomic E-state index is 8.08.